The minimum atomic E-state index is -0.592. The van der Waals surface area contributed by atoms with Crippen LogP contribution in [0.4, 0.5) is 11.5 Å². The zero-order valence-corrected chi connectivity index (χ0v) is 27.9. The summed E-state index contributed by atoms with van der Waals surface area (Å²) in [5.74, 6) is 1.16. The third-order valence-electron chi connectivity index (χ3n) is 7.40. The van der Waals surface area contributed by atoms with Crippen molar-refractivity contribution in [3.05, 3.63) is 156 Å². The lowest BCUT2D eigenvalue weighted by Crippen LogP contribution is -2.30. The molecule has 1 unspecified atom stereocenters. The van der Waals surface area contributed by atoms with E-state index in [2.05, 4.69) is 21.1 Å². The molecule has 0 saturated heterocycles. The molecule has 0 radical (unpaired) electrons. The zero-order chi connectivity index (χ0) is 34.9. The first-order valence-corrected chi connectivity index (χ1v) is 16.4. The second kappa shape index (κ2) is 15.7. The molecular formula is C39H32N4O6S. The van der Waals surface area contributed by atoms with Gasteiger partial charge in [-0.2, -0.15) is 0 Å². The van der Waals surface area contributed by atoms with Gasteiger partial charge < -0.3 is 29.6 Å². The van der Waals surface area contributed by atoms with Crippen molar-refractivity contribution < 1.29 is 28.1 Å². The van der Waals surface area contributed by atoms with Gasteiger partial charge in [0, 0.05) is 28.3 Å². The molecule has 3 N–H and O–H groups in total. The van der Waals surface area contributed by atoms with Crippen LogP contribution in [0.15, 0.2) is 147 Å². The molecule has 2 aromatic heterocycles. The molecular weight excluding hydrogens is 653 g/mol. The number of hydrogen-bond donors (Lipinski definition) is 3. The molecule has 6 aromatic rings. The van der Waals surface area contributed by atoms with Crippen LogP contribution in [0.2, 0.25) is 0 Å². The van der Waals surface area contributed by atoms with E-state index in [0.29, 0.717) is 40.1 Å². The van der Waals surface area contributed by atoms with Crippen molar-refractivity contribution in [3.63, 3.8) is 0 Å². The molecule has 0 aliphatic heterocycles. The van der Waals surface area contributed by atoms with Crippen LogP contribution in [0.25, 0.3) is 17.4 Å². The van der Waals surface area contributed by atoms with E-state index in [4.69, 9.17) is 13.7 Å². The van der Waals surface area contributed by atoms with Crippen molar-refractivity contribution in [2.75, 3.05) is 17.7 Å². The number of methoxy groups -OCH3 is 1. The number of benzene rings is 4. The van der Waals surface area contributed by atoms with Gasteiger partial charge in [0.2, 0.25) is 5.91 Å². The average Bonchev–Trinajstić information content (AvgIpc) is 3.79. The first-order chi connectivity index (χ1) is 24.4. The highest BCUT2D eigenvalue weighted by atomic mass is 32.2. The molecule has 0 bridgehead atoms. The second-order valence-corrected chi connectivity index (χ2v) is 12.2. The van der Waals surface area contributed by atoms with Crippen LogP contribution in [-0.4, -0.2) is 30.0 Å². The fraction of sp³-hybridized carbons (Fsp3) is 0.0769. The standard InChI is InChI=1S/C39H32N4O6S/c1-25-23-35(43-49-25)42-39(46)36(26-11-5-3-6-12-26)50-30-20-17-28(18-21-30)40-38(45)32(41-37(44)27-13-7-4-8-14-27)24-29-19-22-34(48-29)31-15-9-10-16-33(31)47-2/h3-24,36H,1-2H3,(H,40,45)(H,41,44)(H,42,43,46). The topological polar surface area (TPSA) is 136 Å². The first-order valence-electron chi connectivity index (χ1n) is 15.5. The molecule has 6 rings (SSSR count). The molecule has 0 aliphatic rings. The summed E-state index contributed by atoms with van der Waals surface area (Å²) in [6, 6.07) is 37.6. The summed E-state index contributed by atoms with van der Waals surface area (Å²) in [5.41, 5.74) is 2.39. The zero-order valence-electron chi connectivity index (χ0n) is 27.1. The van der Waals surface area contributed by atoms with Crippen LogP contribution in [-0.2, 0) is 9.59 Å². The van der Waals surface area contributed by atoms with E-state index in [1.807, 2.05) is 66.7 Å². The van der Waals surface area contributed by atoms with Crippen molar-refractivity contribution >= 4 is 47.1 Å². The van der Waals surface area contributed by atoms with E-state index < -0.39 is 17.1 Å². The number of furan rings is 1. The Labute approximate surface area is 292 Å². The lowest BCUT2D eigenvalue weighted by Gasteiger charge is -2.16. The number of amides is 3. The Morgan fingerprint density at radius 1 is 0.820 bits per heavy atom. The number of anilines is 2. The molecule has 0 saturated carbocycles. The van der Waals surface area contributed by atoms with E-state index in [1.165, 1.54) is 17.8 Å². The molecule has 0 fully saturated rings. The highest BCUT2D eigenvalue weighted by Crippen LogP contribution is 2.37. The van der Waals surface area contributed by atoms with Gasteiger partial charge in [-0.25, -0.2) is 0 Å². The highest BCUT2D eigenvalue weighted by molar-refractivity contribution is 8.00. The molecule has 3 amide bonds. The Bertz CT molecular complexity index is 2120. The number of para-hydroxylation sites is 1. The maximum absolute atomic E-state index is 13.6. The number of nitrogens with one attached hydrogen (secondary N) is 3. The van der Waals surface area contributed by atoms with Gasteiger partial charge in [-0.05, 0) is 73.2 Å². The van der Waals surface area contributed by atoms with Gasteiger partial charge in [-0.15, -0.1) is 11.8 Å². The summed E-state index contributed by atoms with van der Waals surface area (Å²) in [5, 5.41) is 11.7. The van der Waals surface area contributed by atoms with Crippen molar-refractivity contribution in [2.45, 2.75) is 17.1 Å². The Kier molecular flexibility index (Phi) is 10.5. The smallest absolute Gasteiger partial charge is 0.272 e. The summed E-state index contributed by atoms with van der Waals surface area (Å²) < 4.78 is 16.6. The summed E-state index contributed by atoms with van der Waals surface area (Å²) in [6.45, 7) is 1.75. The number of aromatic nitrogens is 1. The van der Waals surface area contributed by atoms with Gasteiger partial charge >= 0.3 is 0 Å². The number of aryl methyl sites for hydroxylation is 1. The van der Waals surface area contributed by atoms with Crippen LogP contribution in [0, 0.1) is 6.92 Å². The monoisotopic (exact) mass is 684 g/mol. The highest BCUT2D eigenvalue weighted by Gasteiger charge is 2.23. The van der Waals surface area contributed by atoms with E-state index in [1.54, 1.807) is 74.7 Å². The predicted molar refractivity (Wildman–Crippen MR) is 193 cm³/mol. The van der Waals surface area contributed by atoms with Gasteiger partial charge in [0.25, 0.3) is 11.8 Å². The number of ether oxygens (including phenoxy) is 1. The van der Waals surface area contributed by atoms with Gasteiger partial charge in [0.15, 0.2) is 5.82 Å². The minimum Gasteiger partial charge on any atom is -0.496 e. The molecule has 4 aromatic carbocycles. The summed E-state index contributed by atoms with van der Waals surface area (Å²) in [6.07, 6.45) is 1.47. The number of thioether (sulfide) groups is 1. The Morgan fingerprint density at radius 2 is 1.52 bits per heavy atom. The number of nitrogens with zero attached hydrogens (tertiary/aromatic N) is 1. The molecule has 11 heteroatoms. The minimum absolute atomic E-state index is 0.0258. The molecule has 0 aliphatic carbocycles. The molecule has 1 atom stereocenters. The van der Waals surface area contributed by atoms with Crippen molar-refractivity contribution in [1.82, 2.24) is 10.5 Å². The number of rotatable bonds is 12. The SMILES string of the molecule is COc1ccccc1-c1ccc(C=C(NC(=O)c2ccccc2)C(=O)Nc2ccc(SC(C(=O)Nc3cc(C)on3)c3ccccc3)cc2)o1. The summed E-state index contributed by atoms with van der Waals surface area (Å²) in [4.78, 5) is 40.9. The van der Waals surface area contributed by atoms with Gasteiger partial charge in [-0.1, -0.05) is 65.8 Å². The maximum Gasteiger partial charge on any atom is 0.272 e. The average molecular weight is 685 g/mol. The van der Waals surface area contributed by atoms with Crippen LogP contribution in [0.5, 0.6) is 5.75 Å². The normalized spacial score (nSPS) is 11.8. The van der Waals surface area contributed by atoms with Gasteiger partial charge in [-0.3, -0.25) is 14.4 Å². The van der Waals surface area contributed by atoms with Crippen molar-refractivity contribution in [3.8, 4) is 17.1 Å². The fourth-order valence-corrected chi connectivity index (χ4v) is 6.00. The molecule has 50 heavy (non-hydrogen) atoms. The third-order valence-corrected chi connectivity index (χ3v) is 8.67. The van der Waals surface area contributed by atoms with E-state index in [-0.39, 0.29) is 11.6 Å². The van der Waals surface area contributed by atoms with Crippen LogP contribution >= 0.6 is 11.8 Å². The lowest BCUT2D eigenvalue weighted by molar-refractivity contribution is -0.116. The Balaban J connectivity index is 1.21. The lowest BCUT2D eigenvalue weighted by atomic mass is 10.1. The molecule has 250 valence electrons. The van der Waals surface area contributed by atoms with Gasteiger partial charge in [0.05, 0.1) is 12.7 Å². The number of hydrogen-bond acceptors (Lipinski definition) is 8. The number of carbonyl (C=O) groups excluding carboxylic acids is 3. The quantitative estimate of drug-likeness (QED) is 0.0869. The third kappa shape index (κ3) is 8.38. The van der Waals surface area contributed by atoms with E-state index in [0.717, 1.165) is 16.0 Å². The first kappa shape index (κ1) is 33.6. The Morgan fingerprint density at radius 3 is 2.22 bits per heavy atom. The van der Waals surface area contributed by atoms with Crippen LogP contribution in [0.1, 0.15) is 32.7 Å². The van der Waals surface area contributed by atoms with Crippen LogP contribution in [0.3, 0.4) is 0 Å². The summed E-state index contributed by atoms with van der Waals surface area (Å²) in [7, 11) is 1.58. The van der Waals surface area contributed by atoms with Gasteiger partial charge in [0.1, 0.15) is 34.0 Å². The fourth-order valence-electron chi connectivity index (χ4n) is 4.98. The number of carbonyl (C=O) groups is 3. The van der Waals surface area contributed by atoms with Crippen molar-refractivity contribution in [2.24, 2.45) is 0 Å². The molecule has 2 heterocycles. The van der Waals surface area contributed by atoms with E-state index in [9.17, 15) is 14.4 Å². The maximum atomic E-state index is 13.6. The van der Waals surface area contributed by atoms with Crippen molar-refractivity contribution in [1.29, 1.82) is 0 Å². The second-order valence-electron chi connectivity index (χ2n) is 11.0. The molecule has 0 spiro atoms. The largest absolute Gasteiger partial charge is 0.496 e. The van der Waals surface area contributed by atoms with E-state index >= 15 is 0 Å². The van der Waals surface area contributed by atoms with Crippen LogP contribution < -0.4 is 20.7 Å². The predicted octanol–water partition coefficient (Wildman–Crippen LogP) is 8.13. The molecule has 10 nitrogen and oxygen atoms in total. The Hall–Kier alpha value is -6.33. The summed E-state index contributed by atoms with van der Waals surface area (Å²) >= 11 is 1.35.